The molecule has 2 amide bonds. The molecule has 0 aliphatic carbocycles. The van der Waals surface area contributed by atoms with Crippen molar-refractivity contribution >= 4 is 23.2 Å². The molecule has 0 bridgehead atoms. The van der Waals surface area contributed by atoms with Crippen LogP contribution in [0.2, 0.25) is 0 Å². The van der Waals surface area contributed by atoms with E-state index < -0.39 is 11.5 Å². The van der Waals surface area contributed by atoms with Gasteiger partial charge in [0.25, 0.3) is 5.91 Å². The maximum Gasteiger partial charge on any atom is 0.268 e. The molecule has 0 aromatic heterocycles. The number of ether oxygens (including phenoxy) is 1. The molecule has 1 unspecified atom stereocenters. The Hall–Kier alpha value is -2.30. The summed E-state index contributed by atoms with van der Waals surface area (Å²) in [6.45, 7) is 11.3. The maximum atomic E-state index is 12.2. The lowest BCUT2D eigenvalue weighted by Gasteiger charge is -2.32. The summed E-state index contributed by atoms with van der Waals surface area (Å²) in [6.07, 6.45) is 1.14. The van der Waals surface area contributed by atoms with Gasteiger partial charge < -0.3 is 15.0 Å². The summed E-state index contributed by atoms with van der Waals surface area (Å²) in [7, 11) is 0. The van der Waals surface area contributed by atoms with Gasteiger partial charge in [-0.05, 0) is 25.1 Å². The molecule has 1 N–H and O–H groups in total. The van der Waals surface area contributed by atoms with Crippen LogP contribution < -0.4 is 15.0 Å². The van der Waals surface area contributed by atoms with Crippen molar-refractivity contribution in [3.8, 4) is 5.75 Å². The Kier molecular flexibility index (Phi) is 4.26. The Labute approximate surface area is 130 Å². The van der Waals surface area contributed by atoms with E-state index in [4.69, 9.17) is 4.74 Å². The van der Waals surface area contributed by atoms with Gasteiger partial charge in [0, 0.05) is 17.6 Å². The molecular formula is C17H22N2O3. The highest BCUT2D eigenvalue weighted by Gasteiger charge is 2.31. The standard InChI is InChI=1S/C17H22N2O3/c1-6-9-19-13-10-12(18-16(21)17(3,4)5)7-8-14(13)22-11(2)15(19)20/h6-8,10-11H,1,9H2,2-5H3,(H,18,21). The average Bonchev–Trinajstić information content (AvgIpc) is 2.43. The summed E-state index contributed by atoms with van der Waals surface area (Å²) < 4.78 is 5.61. The largest absolute Gasteiger partial charge is 0.479 e. The molecule has 0 saturated carbocycles. The Balaban J connectivity index is 2.34. The molecule has 1 aliphatic rings. The second kappa shape index (κ2) is 5.83. The van der Waals surface area contributed by atoms with Crippen molar-refractivity contribution < 1.29 is 14.3 Å². The van der Waals surface area contributed by atoms with Crippen LogP contribution in [-0.4, -0.2) is 24.5 Å². The third kappa shape index (κ3) is 3.13. The van der Waals surface area contributed by atoms with Gasteiger partial charge in [0.2, 0.25) is 5.91 Å². The maximum absolute atomic E-state index is 12.2. The van der Waals surface area contributed by atoms with Crippen molar-refractivity contribution in [3.05, 3.63) is 30.9 Å². The van der Waals surface area contributed by atoms with Crippen molar-refractivity contribution in [1.29, 1.82) is 0 Å². The zero-order chi connectivity index (χ0) is 16.5. The summed E-state index contributed by atoms with van der Waals surface area (Å²) in [5, 5.41) is 2.86. The molecule has 0 spiro atoms. The number of carbonyl (C=O) groups is 2. The van der Waals surface area contributed by atoms with Gasteiger partial charge in [0.05, 0.1) is 5.69 Å². The lowest BCUT2D eigenvalue weighted by atomic mass is 9.95. The Morgan fingerprint density at radius 2 is 2.14 bits per heavy atom. The van der Waals surface area contributed by atoms with E-state index in [1.807, 2.05) is 20.8 Å². The molecule has 0 saturated heterocycles. The van der Waals surface area contributed by atoms with Crippen LogP contribution in [0.3, 0.4) is 0 Å². The first kappa shape index (κ1) is 16.1. The lowest BCUT2D eigenvalue weighted by molar-refractivity contribution is -0.125. The number of carbonyl (C=O) groups excluding carboxylic acids is 2. The van der Waals surface area contributed by atoms with Crippen LogP contribution in [0, 0.1) is 5.41 Å². The van der Waals surface area contributed by atoms with Crippen LogP contribution >= 0.6 is 0 Å². The molecular weight excluding hydrogens is 280 g/mol. The number of benzene rings is 1. The number of amides is 2. The van der Waals surface area contributed by atoms with Crippen LogP contribution in [0.5, 0.6) is 5.75 Å². The minimum absolute atomic E-state index is 0.0841. The zero-order valence-corrected chi connectivity index (χ0v) is 13.5. The molecule has 1 aromatic carbocycles. The quantitative estimate of drug-likeness (QED) is 0.873. The number of hydrogen-bond donors (Lipinski definition) is 1. The summed E-state index contributed by atoms with van der Waals surface area (Å²) in [5.41, 5.74) is 0.797. The van der Waals surface area contributed by atoms with E-state index in [0.717, 1.165) is 0 Å². The molecule has 0 fully saturated rings. The zero-order valence-electron chi connectivity index (χ0n) is 13.5. The Morgan fingerprint density at radius 3 is 2.73 bits per heavy atom. The first-order valence-corrected chi connectivity index (χ1v) is 7.28. The van der Waals surface area contributed by atoms with E-state index >= 15 is 0 Å². The average molecular weight is 302 g/mol. The highest BCUT2D eigenvalue weighted by molar-refractivity contribution is 6.01. The number of nitrogens with one attached hydrogen (secondary N) is 1. The minimum atomic E-state index is -0.525. The molecule has 5 heteroatoms. The third-order valence-corrected chi connectivity index (χ3v) is 3.42. The van der Waals surface area contributed by atoms with Gasteiger partial charge in [-0.1, -0.05) is 26.8 Å². The van der Waals surface area contributed by atoms with E-state index in [2.05, 4.69) is 11.9 Å². The second-order valence-corrected chi connectivity index (χ2v) is 6.38. The fourth-order valence-electron chi connectivity index (χ4n) is 2.12. The fraction of sp³-hybridized carbons (Fsp3) is 0.412. The van der Waals surface area contributed by atoms with Crippen molar-refractivity contribution in [2.45, 2.75) is 33.8 Å². The van der Waals surface area contributed by atoms with Crippen LogP contribution in [0.1, 0.15) is 27.7 Å². The lowest BCUT2D eigenvalue weighted by Crippen LogP contribution is -2.44. The normalized spacial score (nSPS) is 17.5. The molecule has 1 atom stereocenters. The van der Waals surface area contributed by atoms with Crippen LogP contribution in [0.25, 0.3) is 0 Å². The fourth-order valence-corrected chi connectivity index (χ4v) is 2.12. The summed E-state index contributed by atoms with van der Waals surface area (Å²) in [4.78, 5) is 25.9. The molecule has 1 heterocycles. The second-order valence-electron chi connectivity index (χ2n) is 6.38. The van der Waals surface area contributed by atoms with Gasteiger partial charge >= 0.3 is 0 Å². The first-order valence-electron chi connectivity index (χ1n) is 7.28. The summed E-state index contributed by atoms with van der Waals surface area (Å²) >= 11 is 0. The number of nitrogens with zero attached hydrogens (tertiary/aromatic N) is 1. The monoisotopic (exact) mass is 302 g/mol. The van der Waals surface area contributed by atoms with Gasteiger partial charge in [-0.2, -0.15) is 0 Å². The SMILES string of the molecule is C=CCN1C(=O)C(C)Oc2ccc(NC(=O)C(C)(C)C)cc21. The van der Waals surface area contributed by atoms with E-state index in [0.29, 0.717) is 23.7 Å². The summed E-state index contributed by atoms with van der Waals surface area (Å²) in [6, 6.07) is 5.30. The van der Waals surface area contributed by atoms with Gasteiger partial charge in [-0.3, -0.25) is 9.59 Å². The molecule has 118 valence electrons. The highest BCUT2D eigenvalue weighted by Crippen LogP contribution is 2.36. The third-order valence-electron chi connectivity index (χ3n) is 3.42. The molecule has 1 aliphatic heterocycles. The van der Waals surface area contributed by atoms with Gasteiger partial charge in [-0.15, -0.1) is 6.58 Å². The molecule has 1 aromatic rings. The molecule has 2 rings (SSSR count). The van der Waals surface area contributed by atoms with E-state index in [1.54, 1.807) is 36.1 Å². The number of rotatable bonds is 3. The Bertz CT molecular complexity index is 617. The van der Waals surface area contributed by atoms with Crippen LogP contribution in [0.4, 0.5) is 11.4 Å². The van der Waals surface area contributed by atoms with Gasteiger partial charge in [0.1, 0.15) is 5.75 Å². The van der Waals surface area contributed by atoms with Crippen LogP contribution in [-0.2, 0) is 9.59 Å². The van der Waals surface area contributed by atoms with Gasteiger partial charge in [-0.25, -0.2) is 0 Å². The number of anilines is 2. The van der Waals surface area contributed by atoms with Crippen molar-refractivity contribution in [1.82, 2.24) is 0 Å². The first-order chi connectivity index (χ1) is 10.2. The highest BCUT2D eigenvalue weighted by atomic mass is 16.5. The molecule has 5 nitrogen and oxygen atoms in total. The van der Waals surface area contributed by atoms with Crippen molar-refractivity contribution in [2.24, 2.45) is 5.41 Å². The number of fused-ring (bicyclic) bond motifs is 1. The van der Waals surface area contributed by atoms with E-state index in [9.17, 15) is 9.59 Å². The topological polar surface area (TPSA) is 58.6 Å². The van der Waals surface area contributed by atoms with Gasteiger partial charge in [0.15, 0.2) is 6.10 Å². The van der Waals surface area contributed by atoms with Crippen molar-refractivity contribution in [3.63, 3.8) is 0 Å². The smallest absolute Gasteiger partial charge is 0.268 e. The Morgan fingerprint density at radius 1 is 1.45 bits per heavy atom. The predicted octanol–water partition coefficient (Wildman–Crippen LogP) is 2.97. The molecule has 0 radical (unpaired) electrons. The molecule has 22 heavy (non-hydrogen) atoms. The van der Waals surface area contributed by atoms with Crippen LogP contribution in [0.15, 0.2) is 30.9 Å². The van der Waals surface area contributed by atoms with Crippen molar-refractivity contribution in [2.75, 3.05) is 16.8 Å². The van der Waals surface area contributed by atoms with E-state index in [1.165, 1.54) is 0 Å². The summed E-state index contributed by atoms with van der Waals surface area (Å²) in [5.74, 6) is 0.425. The predicted molar refractivity (Wildman–Crippen MR) is 87.2 cm³/mol. The van der Waals surface area contributed by atoms with E-state index in [-0.39, 0.29) is 11.8 Å². The minimum Gasteiger partial charge on any atom is -0.479 e. The number of hydrogen-bond acceptors (Lipinski definition) is 3.